The number of hydrogen-bond donors (Lipinski definition) is 7. The lowest BCUT2D eigenvalue weighted by Gasteiger charge is -2.43. The van der Waals surface area contributed by atoms with Gasteiger partial charge in [0.1, 0.15) is 18.3 Å². The van der Waals surface area contributed by atoms with Crippen LogP contribution in [0.3, 0.4) is 0 Å². The van der Waals surface area contributed by atoms with E-state index in [2.05, 4.69) is 33.7 Å². The number of aliphatic hydroxyl groups excluding tert-OH is 3. The van der Waals surface area contributed by atoms with Gasteiger partial charge in [0, 0.05) is 11.1 Å². The maximum Gasteiger partial charge on any atom is 0.411 e. The maximum atomic E-state index is 13.3. The third-order valence-electron chi connectivity index (χ3n) is 5.81. The zero-order chi connectivity index (χ0) is 28.0. The molecule has 1 heterocycles. The number of aliphatic hydroxyl groups is 4. The molecule has 38 heavy (non-hydrogen) atoms. The van der Waals surface area contributed by atoms with Crippen molar-refractivity contribution in [2.45, 2.75) is 55.4 Å². The average Bonchev–Trinajstić information content (AvgIpc) is 2.89. The number of hydrogen-bond acceptors (Lipinski definition) is 14. The summed E-state index contributed by atoms with van der Waals surface area (Å²) in [5, 5.41) is 56.5. The molecule has 2 bridgehead atoms. The number of Topliss-reactive ketones (excluding diaryl/α,β-unsaturated/α-hetero) is 1. The smallest absolute Gasteiger partial charge is 0.411 e. The highest BCUT2D eigenvalue weighted by Crippen LogP contribution is 2.43. The number of amides is 1. The first-order valence-corrected chi connectivity index (χ1v) is 14.9. The minimum Gasteiger partial charge on any atom is -0.453 e. The Morgan fingerprint density at radius 2 is 1.95 bits per heavy atom. The number of carbonyl (C=O) groups excluding carboxylic acids is 2. The van der Waals surface area contributed by atoms with Gasteiger partial charge in [0.15, 0.2) is 18.0 Å². The van der Waals surface area contributed by atoms with Gasteiger partial charge in [-0.2, -0.15) is 5.48 Å². The zero-order valence-corrected chi connectivity index (χ0v) is 22.7. The van der Waals surface area contributed by atoms with E-state index in [1.807, 2.05) is 11.7 Å². The summed E-state index contributed by atoms with van der Waals surface area (Å²) in [5.41, 5.74) is -1.30. The second-order valence-electron chi connectivity index (χ2n) is 8.05. The molecule has 1 saturated heterocycles. The second-order valence-corrected chi connectivity index (χ2v) is 12.2. The van der Waals surface area contributed by atoms with E-state index >= 15 is 0 Å². The molecule has 8 atom stereocenters. The molecule has 0 unspecified atom stereocenters. The van der Waals surface area contributed by atoms with Gasteiger partial charge >= 0.3 is 6.09 Å². The predicted octanol–water partition coefficient (Wildman–Crippen LogP) is -0.410. The first-order valence-electron chi connectivity index (χ1n) is 11.0. The molecule has 1 aliphatic heterocycles. The van der Waals surface area contributed by atoms with Gasteiger partial charge in [-0.15, -0.1) is 0 Å². The van der Waals surface area contributed by atoms with Crippen molar-refractivity contribution in [2.75, 3.05) is 13.4 Å². The summed E-state index contributed by atoms with van der Waals surface area (Å²) >= 11 is 0. The van der Waals surface area contributed by atoms with E-state index in [-0.39, 0.29) is 11.1 Å². The molecule has 3 aliphatic rings. The van der Waals surface area contributed by atoms with Crippen LogP contribution in [0.5, 0.6) is 0 Å². The average molecular weight is 587 g/mol. The number of carbonyl (C=O) groups is 2. The number of rotatable bonds is 7. The van der Waals surface area contributed by atoms with Crippen molar-refractivity contribution in [3.63, 3.8) is 0 Å². The van der Waals surface area contributed by atoms with Gasteiger partial charge in [0.25, 0.3) is 0 Å². The van der Waals surface area contributed by atoms with Crippen molar-refractivity contribution in [3.8, 4) is 23.7 Å². The molecule has 206 valence electrons. The predicted molar refractivity (Wildman–Crippen MR) is 140 cm³/mol. The molecule has 0 aromatic rings. The highest BCUT2D eigenvalue weighted by molar-refractivity contribution is 9.09. The number of hydroxylamine groups is 1. The maximum absolute atomic E-state index is 13.3. The molecular formula is C23H26N2O10S3. The molecule has 3 rings (SSSR count). The van der Waals surface area contributed by atoms with Crippen LogP contribution < -0.4 is 10.8 Å². The summed E-state index contributed by atoms with van der Waals surface area (Å²) in [6.07, 6.45) is -5.77. The third kappa shape index (κ3) is 6.25. The van der Waals surface area contributed by atoms with Crippen molar-refractivity contribution in [3.05, 3.63) is 34.4 Å². The fourth-order valence-corrected chi connectivity index (χ4v) is 6.11. The van der Waals surface area contributed by atoms with Crippen LogP contribution in [0.15, 0.2) is 34.4 Å². The normalized spacial score (nSPS) is 36.5. The monoisotopic (exact) mass is 586 g/mol. The number of ketones is 1. The molecule has 1 fully saturated rings. The Kier molecular flexibility index (Phi) is 10.8. The molecule has 0 radical (unpaired) electrons. The van der Waals surface area contributed by atoms with E-state index in [4.69, 9.17) is 9.47 Å². The van der Waals surface area contributed by atoms with Gasteiger partial charge in [-0.25, -0.2) is 4.79 Å². The Morgan fingerprint density at radius 3 is 2.61 bits per heavy atom. The van der Waals surface area contributed by atoms with Crippen LogP contribution in [-0.2, 0) is 19.0 Å². The van der Waals surface area contributed by atoms with Gasteiger partial charge in [-0.1, -0.05) is 45.3 Å². The Bertz CT molecular complexity index is 1150. The fourth-order valence-electron chi connectivity index (χ4n) is 3.89. The Morgan fingerprint density at radius 1 is 1.24 bits per heavy atom. The van der Waals surface area contributed by atoms with Crippen molar-refractivity contribution < 1.29 is 49.4 Å². The van der Waals surface area contributed by atoms with E-state index < -0.39 is 66.0 Å². The van der Waals surface area contributed by atoms with E-state index in [0.717, 1.165) is 17.9 Å². The van der Waals surface area contributed by atoms with Gasteiger partial charge in [-0.05, 0) is 40.6 Å². The van der Waals surface area contributed by atoms with Crippen LogP contribution in [0.1, 0.15) is 6.92 Å². The molecule has 0 saturated carbocycles. The van der Waals surface area contributed by atoms with Gasteiger partial charge in [-0.3, -0.25) is 10.1 Å². The van der Waals surface area contributed by atoms with Crippen LogP contribution in [0.4, 0.5) is 4.79 Å². The first-order chi connectivity index (χ1) is 18.1. The lowest BCUT2D eigenvalue weighted by Crippen LogP contribution is -2.62. The molecule has 7 N–H and O–H groups in total. The fraction of sp³-hybridized carbons (Fsp3) is 0.478. The summed E-state index contributed by atoms with van der Waals surface area (Å²) in [4.78, 5) is 25.5. The number of fused-ring (bicyclic) bond motifs is 2. The second kappa shape index (κ2) is 13.4. The lowest BCUT2D eigenvalue weighted by molar-refractivity contribution is -0.283. The molecule has 12 nitrogen and oxygen atoms in total. The number of allylic oxidation sites excluding steroid dienone is 2. The summed E-state index contributed by atoms with van der Waals surface area (Å²) in [6.45, 7) is 1.51. The number of nitrogens with one attached hydrogen (secondary N) is 2. The van der Waals surface area contributed by atoms with Gasteiger partial charge < -0.3 is 39.8 Å². The standard InChI is InChI=1S/C23H26N2O10S3/c1-11-15(25-32)17(26)19(28)21(34-11)35-13-8-6-4-5-7-9-23(31)12(10-37-38-36-3)14(13)16(18(27)20(23)29)24-22(30)33-2/h4-5,10-11,13,15,17,19-21,25-26,28-29,31-32H,1-3H3,(H,24,30)/b5-4+,12-10?/t11-,13+,15-,17+,19-,20+,21+,23+/m1/s1. The van der Waals surface area contributed by atoms with Crippen LogP contribution >= 0.6 is 31.4 Å². The first kappa shape index (κ1) is 30.6. The Hall–Kier alpha value is -1.99. The summed E-state index contributed by atoms with van der Waals surface area (Å²) < 4.78 is 16.2. The van der Waals surface area contributed by atoms with Crippen molar-refractivity contribution >= 4 is 43.3 Å². The summed E-state index contributed by atoms with van der Waals surface area (Å²) in [7, 11) is 4.89. The molecule has 0 spiro atoms. The van der Waals surface area contributed by atoms with Gasteiger partial charge in [0.05, 0.1) is 25.0 Å². The topological polar surface area (TPSA) is 187 Å². The van der Waals surface area contributed by atoms with E-state index in [1.54, 1.807) is 0 Å². The Balaban J connectivity index is 2.22. The highest BCUT2D eigenvalue weighted by atomic mass is 33.5. The quantitative estimate of drug-likeness (QED) is 0.0883. The lowest BCUT2D eigenvalue weighted by atomic mass is 9.74. The van der Waals surface area contributed by atoms with Gasteiger partial charge in [0.2, 0.25) is 5.78 Å². The van der Waals surface area contributed by atoms with E-state index in [0.29, 0.717) is 0 Å². The molecule has 0 aromatic heterocycles. The summed E-state index contributed by atoms with van der Waals surface area (Å²) in [6, 6.07) is -1.04. The minimum atomic E-state index is -2.44. The highest BCUT2D eigenvalue weighted by Gasteiger charge is 2.53. The van der Waals surface area contributed by atoms with Crippen LogP contribution in [-0.4, -0.2) is 99.3 Å². The summed E-state index contributed by atoms with van der Waals surface area (Å²) in [5.74, 6) is 9.38. The van der Waals surface area contributed by atoms with Crippen LogP contribution in [0, 0.1) is 23.7 Å². The van der Waals surface area contributed by atoms with Crippen molar-refractivity contribution in [1.82, 2.24) is 10.8 Å². The van der Waals surface area contributed by atoms with E-state index in [1.165, 1.54) is 45.1 Å². The number of ether oxygens (including phenoxy) is 3. The number of methoxy groups -OCH3 is 1. The SMILES string of the molecule is COC(=O)NC1=C2C(=CSSSC)[C@@](O)(C#C/C=C/C#C[C@@H]2O[C@@H]2O[C@H](C)[C@@H](NO)[C@H](O)[C@H]2O)[C@@H](O)C1=O. The van der Waals surface area contributed by atoms with Crippen LogP contribution in [0.2, 0.25) is 0 Å². The van der Waals surface area contributed by atoms with Crippen molar-refractivity contribution in [1.29, 1.82) is 0 Å². The molecule has 0 aromatic carbocycles. The number of alkyl carbamates (subject to hydrolysis) is 1. The van der Waals surface area contributed by atoms with E-state index in [9.17, 15) is 35.2 Å². The Labute approximate surface area is 230 Å². The molecule has 2 aliphatic carbocycles. The molecule has 15 heteroatoms. The molecule has 1 amide bonds. The van der Waals surface area contributed by atoms with Crippen LogP contribution in [0.25, 0.3) is 0 Å². The van der Waals surface area contributed by atoms with Crippen molar-refractivity contribution in [2.24, 2.45) is 0 Å². The minimum absolute atomic E-state index is 0.0987. The largest absolute Gasteiger partial charge is 0.453 e. The molecular weight excluding hydrogens is 560 g/mol. The third-order valence-corrected chi connectivity index (χ3v) is 9.22. The zero-order valence-electron chi connectivity index (χ0n) is 20.3.